The van der Waals surface area contributed by atoms with Gasteiger partial charge in [-0.3, -0.25) is 9.13 Å². The standard InChI is InChI=1S/2C8H8FN3O4S/c2*9-3-1-12(8(15)11-5(3)10)4-2-17-7(16-4)6(13)14/h2*1,4,7H,2H2,(H,13,14)(H2,10,11,15)/t2*4-,7+/m10/s1. The summed E-state index contributed by atoms with van der Waals surface area (Å²) in [6, 6.07) is 0. The van der Waals surface area contributed by atoms with Crippen molar-refractivity contribution in [2.75, 3.05) is 23.0 Å². The third kappa shape index (κ3) is 5.64. The van der Waals surface area contributed by atoms with E-state index in [2.05, 4.69) is 9.97 Å². The highest BCUT2D eigenvalue weighted by Crippen LogP contribution is 2.32. The summed E-state index contributed by atoms with van der Waals surface area (Å²) in [4.78, 5) is 50.7. The summed E-state index contributed by atoms with van der Waals surface area (Å²) in [5.74, 6) is -4.53. The molecule has 2 aromatic heterocycles. The molecule has 14 nitrogen and oxygen atoms in total. The molecule has 2 aromatic rings. The van der Waals surface area contributed by atoms with Crippen molar-refractivity contribution in [1.82, 2.24) is 19.1 Å². The molecule has 2 aliphatic rings. The lowest BCUT2D eigenvalue weighted by molar-refractivity contribution is -0.148. The van der Waals surface area contributed by atoms with Crippen LogP contribution in [-0.4, -0.2) is 63.6 Å². The number of aromatic nitrogens is 4. The highest BCUT2D eigenvalue weighted by molar-refractivity contribution is 8.00. The summed E-state index contributed by atoms with van der Waals surface area (Å²) in [5, 5.41) is 17.4. The molecule has 4 rings (SSSR count). The van der Waals surface area contributed by atoms with Crippen LogP contribution in [0.4, 0.5) is 20.4 Å². The number of hydrogen-bond acceptors (Lipinski definition) is 12. The number of ether oxygens (including phenoxy) is 2. The van der Waals surface area contributed by atoms with Gasteiger partial charge < -0.3 is 31.2 Å². The molecule has 0 radical (unpaired) electrons. The molecule has 0 spiro atoms. The first kappa shape index (κ1) is 25.4. The van der Waals surface area contributed by atoms with Gasteiger partial charge in [0.25, 0.3) is 0 Å². The van der Waals surface area contributed by atoms with Gasteiger partial charge in [0, 0.05) is 11.5 Å². The van der Waals surface area contributed by atoms with E-state index >= 15 is 0 Å². The number of anilines is 2. The number of carboxylic acid groups (broad SMARTS) is 2. The molecule has 2 aliphatic heterocycles. The molecular weight excluding hydrogens is 506 g/mol. The molecule has 6 N–H and O–H groups in total. The fraction of sp³-hybridized carbons (Fsp3) is 0.375. The Balaban J connectivity index is 0.000000191. The number of halogens is 2. The Morgan fingerprint density at radius 1 is 0.882 bits per heavy atom. The number of nitrogens with two attached hydrogens (primary N) is 2. The van der Waals surface area contributed by atoms with Crippen molar-refractivity contribution >= 4 is 47.1 Å². The van der Waals surface area contributed by atoms with Gasteiger partial charge in [-0.2, -0.15) is 9.97 Å². The van der Waals surface area contributed by atoms with E-state index in [4.69, 9.17) is 31.2 Å². The molecular formula is C16H16F2N6O8S2. The molecule has 184 valence electrons. The number of carbonyl (C=O) groups is 2. The van der Waals surface area contributed by atoms with Gasteiger partial charge in [0.15, 0.2) is 23.3 Å². The van der Waals surface area contributed by atoms with Gasteiger partial charge in [0.05, 0.1) is 12.4 Å². The molecule has 18 heteroatoms. The first-order valence-electron chi connectivity index (χ1n) is 9.06. The number of rotatable bonds is 4. The summed E-state index contributed by atoms with van der Waals surface area (Å²) < 4.78 is 38.2. The van der Waals surface area contributed by atoms with Crippen LogP contribution in [0.5, 0.6) is 0 Å². The van der Waals surface area contributed by atoms with Crippen molar-refractivity contribution in [3.8, 4) is 0 Å². The second-order valence-corrected chi connectivity index (χ2v) is 8.71. The highest BCUT2D eigenvalue weighted by atomic mass is 32.2. The van der Waals surface area contributed by atoms with E-state index in [0.29, 0.717) is 0 Å². The zero-order valence-corrected chi connectivity index (χ0v) is 18.4. The Hall–Kier alpha value is -3.22. The second kappa shape index (κ2) is 10.4. The van der Waals surface area contributed by atoms with E-state index in [1.807, 2.05) is 0 Å². The Morgan fingerprint density at radius 3 is 1.53 bits per heavy atom. The molecule has 4 atom stereocenters. The Bertz CT molecular complexity index is 1130. The number of aliphatic carboxylic acids is 2. The number of nitrogens with zero attached hydrogens (tertiary/aromatic N) is 4. The van der Waals surface area contributed by atoms with Gasteiger partial charge in [-0.25, -0.2) is 28.0 Å². The number of hydrogen-bond donors (Lipinski definition) is 4. The maximum atomic E-state index is 13.1. The van der Waals surface area contributed by atoms with Crippen LogP contribution < -0.4 is 22.8 Å². The van der Waals surface area contributed by atoms with Crippen molar-refractivity contribution in [2.45, 2.75) is 23.3 Å². The van der Waals surface area contributed by atoms with Crippen LogP contribution in [0.1, 0.15) is 12.5 Å². The van der Waals surface area contributed by atoms with Crippen molar-refractivity contribution < 1.29 is 38.1 Å². The van der Waals surface area contributed by atoms with Crippen LogP contribution in [0.3, 0.4) is 0 Å². The third-order valence-corrected chi connectivity index (χ3v) is 6.42. The number of carboxylic acids is 2. The fourth-order valence-electron chi connectivity index (χ4n) is 2.66. The smallest absolute Gasteiger partial charge is 0.351 e. The average molecular weight is 522 g/mol. The zero-order chi connectivity index (χ0) is 25.2. The summed E-state index contributed by atoms with van der Waals surface area (Å²) in [6.45, 7) is 0. The first-order valence-corrected chi connectivity index (χ1v) is 11.2. The van der Waals surface area contributed by atoms with E-state index in [1.165, 1.54) is 0 Å². The first-order chi connectivity index (χ1) is 16.0. The van der Waals surface area contributed by atoms with Crippen LogP contribution in [0.25, 0.3) is 0 Å². The van der Waals surface area contributed by atoms with E-state index in [-0.39, 0.29) is 11.5 Å². The van der Waals surface area contributed by atoms with Gasteiger partial charge in [-0.1, -0.05) is 0 Å². The van der Waals surface area contributed by atoms with Crippen molar-refractivity contribution in [2.24, 2.45) is 0 Å². The normalized spacial score (nSPS) is 23.8. The Labute approximate surface area is 195 Å². The van der Waals surface area contributed by atoms with Crippen LogP contribution in [0.15, 0.2) is 22.0 Å². The van der Waals surface area contributed by atoms with E-state index < -0.39 is 69.9 Å². The van der Waals surface area contributed by atoms with E-state index in [0.717, 1.165) is 45.1 Å². The Morgan fingerprint density at radius 2 is 1.24 bits per heavy atom. The molecule has 2 saturated heterocycles. The van der Waals surface area contributed by atoms with Gasteiger partial charge in [0.2, 0.25) is 10.9 Å². The molecule has 0 unspecified atom stereocenters. The van der Waals surface area contributed by atoms with Crippen molar-refractivity contribution in [3.05, 3.63) is 45.0 Å². The van der Waals surface area contributed by atoms with Gasteiger partial charge in [-0.15, -0.1) is 23.5 Å². The molecule has 2 fully saturated rings. The second-order valence-electron chi connectivity index (χ2n) is 6.52. The van der Waals surface area contributed by atoms with Crippen LogP contribution in [0.2, 0.25) is 0 Å². The number of thioether (sulfide) groups is 2. The molecule has 34 heavy (non-hydrogen) atoms. The van der Waals surface area contributed by atoms with Gasteiger partial charge in [0.1, 0.15) is 12.5 Å². The predicted octanol–water partition coefficient (Wildman–Crippen LogP) is -0.725. The van der Waals surface area contributed by atoms with Crippen LogP contribution >= 0.6 is 23.5 Å². The highest BCUT2D eigenvalue weighted by Gasteiger charge is 2.34. The summed E-state index contributed by atoms with van der Waals surface area (Å²) in [5.41, 5.74) is 6.57. The molecule has 0 bridgehead atoms. The SMILES string of the molecule is Nc1nc(=O)n([C@@H]2CS[C@H](C(=O)O)O2)cc1F.Nc1nc(=O)n([C@H]2CS[C@@H](C(=O)O)O2)cc1F. The molecule has 0 amide bonds. The lowest BCUT2D eigenvalue weighted by atomic mass is 10.5. The molecule has 0 aliphatic carbocycles. The van der Waals surface area contributed by atoms with E-state index in [1.54, 1.807) is 0 Å². The van der Waals surface area contributed by atoms with Gasteiger partial charge >= 0.3 is 23.3 Å². The summed E-state index contributed by atoms with van der Waals surface area (Å²) >= 11 is 2.02. The lowest BCUT2D eigenvalue weighted by Crippen LogP contribution is -2.30. The average Bonchev–Trinajstić information content (AvgIpc) is 3.44. The lowest BCUT2D eigenvalue weighted by Gasteiger charge is -2.12. The minimum Gasteiger partial charge on any atom is -0.479 e. The van der Waals surface area contributed by atoms with E-state index in [9.17, 15) is 28.0 Å². The van der Waals surface area contributed by atoms with Crippen LogP contribution in [-0.2, 0) is 19.1 Å². The zero-order valence-electron chi connectivity index (χ0n) is 16.7. The molecule has 4 heterocycles. The minimum atomic E-state index is -1.14. The molecule has 0 saturated carbocycles. The molecule has 0 aromatic carbocycles. The van der Waals surface area contributed by atoms with Gasteiger partial charge in [-0.05, 0) is 0 Å². The Kier molecular flexibility index (Phi) is 7.75. The van der Waals surface area contributed by atoms with Crippen LogP contribution in [0, 0.1) is 11.6 Å². The maximum Gasteiger partial charge on any atom is 0.351 e. The predicted molar refractivity (Wildman–Crippen MR) is 114 cm³/mol. The number of nitrogen functional groups attached to an aromatic ring is 2. The quantitative estimate of drug-likeness (QED) is 0.390. The topological polar surface area (TPSA) is 215 Å². The van der Waals surface area contributed by atoms with Crippen molar-refractivity contribution in [1.29, 1.82) is 0 Å². The minimum absolute atomic E-state index is 0.224. The summed E-state index contributed by atoms with van der Waals surface area (Å²) in [6.07, 6.45) is 0.0210. The monoisotopic (exact) mass is 522 g/mol. The summed E-state index contributed by atoms with van der Waals surface area (Å²) in [7, 11) is 0. The third-order valence-electron chi connectivity index (χ3n) is 4.23. The fourth-order valence-corrected chi connectivity index (χ4v) is 4.52. The van der Waals surface area contributed by atoms with Crippen molar-refractivity contribution in [3.63, 3.8) is 0 Å². The maximum absolute atomic E-state index is 13.1. The largest absolute Gasteiger partial charge is 0.479 e.